The number of carbonyl (C=O) groups excluding carboxylic acids is 3. The molecule has 40 heavy (non-hydrogen) atoms. The van der Waals surface area contributed by atoms with E-state index in [4.69, 9.17) is 9.47 Å². The first-order valence-corrected chi connectivity index (χ1v) is 13.2. The molecule has 3 N–H and O–H groups in total. The summed E-state index contributed by atoms with van der Waals surface area (Å²) in [7, 11) is 3.68. The number of hydrogen-bond donors (Lipinski definition) is 3. The minimum absolute atomic E-state index is 0.0745. The van der Waals surface area contributed by atoms with E-state index in [1.54, 1.807) is 27.9 Å². The highest BCUT2D eigenvalue weighted by Crippen LogP contribution is 2.30. The number of carbonyl (C=O) groups is 3. The molecule has 1 aliphatic rings. The summed E-state index contributed by atoms with van der Waals surface area (Å²) in [6, 6.07) is 3.44. The number of hydrogen-bond acceptors (Lipinski definition) is 7. The van der Waals surface area contributed by atoms with Gasteiger partial charge in [-0.1, -0.05) is 0 Å². The quantitative estimate of drug-likeness (QED) is 0.381. The fourth-order valence-corrected chi connectivity index (χ4v) is 4.56. The van der Waals surface area contributed by atoms with Crippen LogP contribution >= 0.6 is 0 Å². The lowest BCUT2D eigenvalue weighted by Gasteiger charge is -2.41. The van der Waals surface area contributed by atoms with Crippen molar-refractivity contribution in [1.82, 2.24) is 15.5 Å². The molecule has 1 aromatic carbocycles. The van der Waals surface area contributed by atoms with E-state index in [2.05, 4.69) is 46.5 Å². The Labute approximate surface area is 233 Å². The number of halogens is 3. The molecule has 1 aromatic rings. The lowest BCUT2D eigenvalue weighted by molar-refractivity contribution is -0.274. The third kappa shape index (κ3) is 10.8. The third-order valence-electron chi connectivity index (χ3n) is 6.59. The zero-order valence-electron chi connectivity index (χ0n) is 24.1. The van der Waals surface area contributed by atoms with Gasteiger partial charge in [-0.05, 0) is 79.1 Å². The summed E-state index contributed by atoms with van der Waals surface area (Å²) in [4.78, 5) is 40.2. The largest absolute Gasteiger partial charge is 0.573 e. The zero-order chi connectivity index (χ0) is 30.3. The standard InChI is InChI=1S/C27H41F3N4O6/c1-16(2)34(6)18-8-10-21(17(12-18)15-38-7)32-23(35)14-31-24(36)20-13-19(39-27(28,29)30)9-11-22(20)33-25(37)40-26(3,4)5/h9,11,13,16-18,21H,8,10,12,14-15H2,1-7H3,(H,31,36)(H,32,35)(H,33,37)/t17-,18+,21-/m0/s1. The summed E-state index contributed by atoms with van der Waals surface area (Å²) >= 11 is 0. The van der Waals surface area contributed by atoms with E-state index < -0.39 is 42.2 Å². The second kappa shape index (κ2) is 14.0. The molecule has 2 rings (SSSR count). The van der Waals surface area contributed by atoms with E-state index >= 15 is 0 Å². The number of nitrogens with one attached hydrogen (secondary N) is 3. The van der Waals surface area contributed by atoms with Crippen molar-refractivity contribution in [3.05, 3.63) is 23.8 Å². The topological polar surface area (TPSA) is 118 Å². The molecule has 0 spiro atoms. The minimum atomic E-state index is -4.99. The van der Waals surface area contributed by atoms with E-state index in [-0.39, 0.29) is 23.2 Å². The molecule has 1 fully saturated rings. The Morgan fingerprint density at radius 2 is 1.80 bits per heavy atom. The number of rotatable bonds is 10. The van der Waals surface area contributed by atoms with E-state index in [1.807, 2.05) is 0 Å². The van der Waals surface area contributed by atoms with Crippen molar-refractivity contribution in [1.29, 1.82) is 0 Å². The number of amides is 3. The molecular weight excluding hydrogens is 533 g/mol. The molecule has 0 unspecified atom stereocenters. The molecule has 1 saturated carbocycles. The maximum Gasteiger partial charge on any atom is 0.573 e. The van der Waals surface area contributed by atoms with Gasteiger partial charge in [0.25, 0.3) is 5.91 Å². The lowest BCUT2D eigenvalue weighted by Crippen LogP contribution is -2.52. The predicted octanol–water partition coefficient (Wildman–Crippen LogP) is 4.30. The molecule has 3 amide bonds. The highest BCUT2D eigenvalue weighted by molar-refractivity contribution is 6.04. The second-order valence-corrected chi connectivity index (χ2v) is 11.2. The van der Waals surface area contributed by atoms with Crippen LogP contribution in [0.5, 0.6) is 5.75 Å². The number of nitrogens with zero attached hydrogens (tertiary/aromatic N) is 1. The number of benzene rings is 1. The number of anilines is 1. The Hall–Kier alpha value is -3.06. The van der Waals surface area contributed by atoms with Gasteiger partial charge in [-0.25, -0.2) is 4.79 Å². The van der Waals surface area contributed by atoms with Gasteiger partial charge in [0.05, 0.1) is 24.4 Å². The molecular formula is C27H41F3N4O6. The summed E-state index contributed by atoms with van der Waals surface area (Å²) in [6.07, 6.45) is -3.44. The van der Waals surface area contributed by atoms with Gasteiger partial charge in [0.1, 0.15) is 11.4 Å². The van der Waals surface area contributed by atoms with Crippen LogP contribution in [0.2, 0.25) is 0 Å². The highest BCUT2D eigenvalue weighted by atomic mass is 19.4. The van der Waals surface area contributed by atoms with Crippen LogP contribution < -0.4 is 20.7 Å². The van der Waals surface area contributed by atoms with Crippen LogP contribution in [0.4, 0.5) is 23.7 Å². The van der Waals surface area contributed by atoms with Crippen LogP contribution in [0.3, 0.4) is 0 Å². The van der Waals surface area contributed by atoms with Crippen LogP contribution in [0.25, 0.3) is 0 Å². The molecule has 0 aromatic heterocycles. The van der Waals surface area contributed by atoms with Crippen molar-refractivity contribution in [3.63, 3.8) is 0 Å². The average molecular weight is 575 g/mol. The first kappa shape index (κ1) is 33.1. The number of alkyl halides is 3. The molecule has 0 saturated heterocycles. The maximum atomic E-state index is 12.9. The van der Waals surface area contributed by atoms with Crippen molar-refractivity contribution in [2.45, 2.75) is 84.0 Å². The molecule has 1 aliphatic carbocycles. The van der Waals surface area contributed by atoms with Crippen molar-refractivity contribution in [2.24, 2.45) is 5.92 Å². The maximum absolute atomic E-state index is 12.9. The molecule has 3 atom stereocenters. The van der Waals surface area contributed by atoms with E-state index in [1.165, 1.54) is 0 Å². The second-order valence-electron chi connectivity index (χ2n) is 11.2. The van der Waals surface area contributed by atoms with Gasteiger partial charge in [-0.2, -0.15) is 0 Å². The van der Waals surface area contributed by atoms with Gasteiger partial charge in [-0.3, -0.25) is 14.9 Å². The zero-order valence-corrected chi connectivity index (χ0v) is 24.1. The first-order valence-electron chi connectivity index (χ1n) is 13.2. The van der Waals surface area contributed by atoms with Gasteiger partial charge in [0.15, 0.2) is 0 Å². The summed E-state index contributed by atoms with van der Waals surface area (Å²) in [5.74, 6) is -1.93. The van der Waals surface area contributed by atoms with Gasteiger partial charge in [0.2, 0.25) is 5.91 Å². The molecule has 226 valence electrons. The van der Waals surface area contributed by atoms with Gasteiger partial charge >= 0.3 is 12.5 Å². The molecule has 0 radical (unpaired) electrons. The monoisotopic (exact) mass is 574 g/mol. The van der Waals surface area contributed by atoms with Crippen LogP contribution in [0.1, 0.15) is 64.2 Å². The molecule has 0 aliphatic heterocycles. The molecule has 13 heteroatoms. The SMILES string of the molecule is COC[C@@H]1C[C@H](N(C)C(C)C)CC[C@@H]1NC(=O)CNC(=O)c1cc(OC(F)(F)F)ccc1NC(=O)OC(C)(C)C. The fourth-order valence-electron chi connectivity index (χ4n) is 4.56. The van der Waals surface area contributed by atoms with Gasteiger partial charge in [0, 0.05) is 31.2 Å². The summed E-state index contributed by atoms with van der Waals surface area (Å²) in [6.45, 7) is 9.18. The Balaban J connectivity index is 2.10. The number of ether oxygens (including phenoxy) is 3. The summed E-state index contributed by atoms with van der Waals surface area (Å²) in [5.41, 5.74) is -1.31. The smallest absolute Gasteiger partial charge is 0.444 e. The van der Waals surface area contributed by atoms with E-state index in [9.17, 15) is 27.6 Å². The predicted molar refractivity (Wildman–Crippen MR) is 143 cm³/mol. The van der Waals surface area contributed by atoms with Crippen LogP contribution in [-0.2, 0) is 14.3 Å². The van der Waals surface area contributed by atoms with Crippen LogP contribution in [-0.4, -0.2) is 80.2 Å². The average Bonchev–Trinajstić information content (AvgIpc) is 2.82. The van der Waals surface area contributed by atoms with Crippen LogP contribution in [0, 0.1) is 5.92 Å². The Morgan fingerprint density at radius 3 is 2.38 bits per heavy atom. The van der Waals surface area contributed by atoms with Crippen molar-refractivity contribution >= 4 is 23.6 Å². The normalized spacial score (nSPS) is 19.8. The number of methoxy groups -OCH3 is 1. The van der Waals surface area contributed by atoms with Crippen LogP contribution in [0.15, 0.2) is 18.2 Å². The van der Waals surface area contributed by atoms with E-state index in [0.717, 1.165) is 37.5 Å². The Morgan fingerprint density at radius 1 is 1.12 bits per heavy atom. The van der Waals surface area contributed by atoms with Crippen molar-refractivity contribution in [2.75, 3.05) is 32.6 Å². The fraction of sp³-hybridized carbons (Fsp3) is 0.667. The van der Waals surface area contributed by atoms with E-state index in [0.29, 0.717) is 18.7 Å². The molecule has 10 nitrogen and oxygen atoms in total. The molecule has 0 heterocycles. The highest BCUT2D eigenvalue weighted by Gasteiger charge is 2.34. The summed E-state index contributed by atoms with van der Waals surface area (Å²) < 4.78 is 52.8. The summed E-state index contributed by atoms with van der Waals surface area (Å²) in [5, 5.41) is 7.71. The van der Waals surface area contributed by atoms with Gasteiger partial charge < -0.3 is 29.7 Å². The Bertz CT molecular complexity index is 1030. The van der Waals surface area contributed by atoms with Crippen molar-refractivity contribution in [3.8, 4) is 5.75 Å². The Kier molecular flexibility index (Phi) is 11.6. The third-order valence-corrected chi connectivity index (χ3v) is 6.59. The minimum Gasteiger partial charge on any atom is -0.444 e. The van der Waals surface area contributed by atoms with Crippen molar-refractivity contribution < 1.29 is 41.8 Å². The lowest BCUT2D eigenvalue weighted by atomic mass is 9.81. The van der Waals surface area contributed by atoms with Gasteiger partial charge in [-0.15, -0.1) is 13.2 Å². The first-order chi connectivity index (χ1) is 18.5. The molecule has 0 bridgehead atoms.